The largest absolute Gasteiger partial charge is 0.493 e. The SMILES string of the molecule is Cc1nccn1-c1cccc(OCC[C@@H]2CN(C(=O)O)CCN2)c1. The summed E-state index contributed by atoms with van der Waals surface area (Å²) in [5.41, 5.74) is 1.01. The summed E-state index contributed by atoms with van der Waals surface area (Å²) in [5, 5.41) is 12.4. The topological polar surface area (TPSA) is 79.6 Å². The van der Waals surface area contributed by atoms with Crippen molar-refractivity contribution in [2.24, 2.45) is 0 Å². The maximum atomic E-state index is 11.0. The number of imidazole rings is 1. The molecule has 24 heavy (non-hydrogen) atoms. The minimum Gasteiger partial charge on any atom is -0.493 e. The highest BCUT2D eigenvalue weighted by Gasteiger charge is 2.22. The predicted octanol–water partition coefficient (Wildman–Crippen LogP) is 1.90. The van der Waals surface area contributed by atoms with Crippen molar-refractivity contribution >= 4 is 6.09 Å². The van der Waals surface area contributed by atoms with E-state index in [1.807, 2.05) is 42.0 Å². The molecule has 2 N–H and O–H groups in total. The summed E-state index contributed by atoms with van der Waals surface area (Å²) in [4.78, 5) is 16.7. The van der Waals surface area contributed by atoms with Crippen molar-refractivity contribution in [3.63, 3.8) is 0 Å². The van der Waals surface area contributed by atoms with Crippen LogP contribution in [0.5, 0.6) is 5.75 Å². The lowest BCUT2D eigenvalue weighted by Crippen LogP contribution is -2.52. The summed E-state index contributed by atoms with van der Waals surface area (Å²) in [6.07, 6.45) is 3.59. The number of aromatic nitrogens is 2. The fourth-order valence-electron chi connectivity index (χ4n) is 2.89. The number of hydrogen-bond acceptors (Lipinski definition) is 4. The van der Waals surface area contributed by atoms with E-state index < -0.39 is 6.09 Å². The Kier molecular flexibility index (Phi) is 5.00. The van der Waals surface area contributed by atoms with Crippen LogP contribution >= 0.6 is 0 Å². The van der Waals surface area contributed by atoms with Gasteiger partial charge in [0.05, 0.1) is 12.3 Å². The van der Waals surface area contributed by atoms with Gasteiger partial charge in [0.2, 0.25) is 0 Å². The van der Waals surface area contributed by atoms with Crippen LogP contribution < -0.4 is 10.1 Å². The Balaban J connectivity index is 1.54. The number of hydrogen-bond donors (Lipinski definition) is 2. The zero-order chi connectivity index (χ0) is 16.9. The molecule has 1 atom stereocenters. The van der Waals surface area contributed by atoms with E-state index in [0.717, 1.165) is 23.7 Å². The first-order valence-corrected chi connectivity index (χ1v) is 8.08. The number of nitrogens with one attached hydrogen (secondary N) is 1. The van der Waals surface area contributed by atoms with Crippen molar-refractivity contribution in [2.75, 3.05) is 26.2 Å². The molecule has 7 heteroatoms. The van der Waals surface area contributed by atoms with E-state index in [9.17, 15) is 4.79 Å². The Bertz CT molecular complexity index is 701. The first-order valence-electron chi connectivity index (χ1n) is 8.08. The van der Waals surface area contributed by atoms with Crippen LogP contribution in [0.1, 0.15) is 12.2 Å². The number of aryl methyl sites for hydroxylation is 1. The molecule has 1 amide bonds. The van der Waals surface area contributed by atoms with Crippen molar-refractivity contribution < 1.29 is 14.6 Å². The second-order valence-electron chi connectivity index (χ2n) is 5.86. The van der Waals surface area contributed by atoms with Crippen molar-refractivity contribution in [1.29, 1.82) is 0 Å². The van der Waals surface area contributed by atoms with Crippen LogP contribution in [-0.4, -0.2) is 57.9 Å². The molecule has 0 aliphatic carbocycles. The number of nitrogens with zero attached hydrogens (tertiary/aromatic N) is 3. The predicted molar refractivity (Wildman–Crippen MR) is 89.8 cm³/mol. The van der Waals surface area contributed by atoms with E-state index in [1.165, 1.54) is 4.90 Å². The van der Waals surface area contributed by atoms with Gasteiger partial charge in [-0.05, 0) is 25.5 Å². The molecule has 0 unspecified atom stereocenters. The molecule has 2 aromatic rings. The normalized spacial score (nSPS) is 17.7. The minimum absolute atomic E-state index is 0.133. The lowest BCUT2D eigenvalue weighted by atomic mass is 10.1. The third-order valence-electron chi connectivity index (χ3n) is 4.18. The van der Waals surface area contributed by atoms with Crippen LogP contribution in [-0.2, 0) is 0 Å². The van der Waals surface area contributed by atoms with Gasteiger partial charge in [-0.1, -0.05) is 6.07 Å². The first-order chi connectivity index (χ1) is 11.6. The molecule has 1 fully saturated rings. The Morgan fingerprint density at radius 1 is 1.50 bits per heavy atom. The number of benzene rings is 1. The number of amides is 1. The molecular formula is C17H22N4O3. The number of carbonyl (C=O) groups is 1. The average molecular weight is 330 g/mol. The molecule has 3 rings (SSSR count). The molecule has 0 bridgehead atoms. The lowest BCUT2D eigenvalue weighted by molar-refractivity contribution is 0.124. The molecule has 128 valence electrons. The molecule has 1 aliphatic heterocycles. The number of rotatable bonds is 5. The van der Waals surface area contributed by atoms with Gasteiger partial charge in [0.1, 0.15) is 11.6 Å². The second-order valence-corrected chi connectivity index (χ2v) is 5.86. The lowest BCUT2D eigenvalue weighted by Gasteiger charge is -2.31. The minimum atomic E-state index is -0.856. The molecule has 7 nitrogen and oxygen atoms in total. The summed E-state index contributed by atoms with van der Waals surface area (Å²) in [7, 11) is 0. The van der Waals surface area contributed by atoms with Crippen LogP contribution in [0.3, 0.4) is 0 Å². The maximum Gasteiger partial charge on any atom is 0.407 e. The highest BCUT2D eigenvalue weighted by atomic mass is 16.5. The summed E-state index contributed by atoms with van der Waals surface area (Å²) in [6.45, 7) is 4.23. The quantitative estimate of drug-likeness (QED) is 0.875. The standard InChI is InChI=1S/C17H22N4O3/c1-13-18-7-9-21(13)15-3-2-4-16(11-15)24-10-5-14-12-20(17(22)23)8-6-19-14/h2-4,7,9,11,14,19H,5-6,8,10,12H2,1H3,(H,22,23)/t14-/m1/s1. The molecule has 2 heterocycles. The van der Waals surface area contributed by atoms with Gasteiger partial charge in [0, 0.05) is 44.1 Å². The zero-order valence-corrected chi connectivity index (χ0v) is 13.7. The van der Waals surface area contributed by atoms with Gasteiger partial charge in [-0.15, -0.1) is 0 Å². The van der Waals surface area contributed by atoms with Crippen LogP contribution in [0.2, 0.25) is 0 Å². The van der Waals surface area contributed by atoms with Gasteiger partial charge in [-0.2, -0.15) is 0 Å². The Hall–Kier alpha value is -2.54. The number of piperazine rings is 1. The average Bonchev–Trinajstić information content (AvgIpc) is 3.01. The first kappa shape index (κ1) is 16.3. The zero-order valence-electron chi connectivity index (χ0n) is 13.7. The monoisotopic (exact) mass is 330 g/mol. The van der Waals surface area contributed by atoms with Crippen LogP contribution in [0, 0.1) is 6.92 Å². The maximum absolute atomic E-state index is 11.0. The Morgan fingerprint density at radius 2 is 2.38 bits per heavy atom. The molecule has 0 saturated carbocycles. The highest BCUT2D eigenvalue weighted by Crippen LogP contribution is 2.18. The van der Waals surface area contributed by atoms with Gasteiger partial charge in [-0.25, -0.2) is 9.78 Å². The van der Waals surface area contributed by atoms with Crippen molar-refractivity contribution in [1.82, 2.24) is 19.8 Å². The van der Waals surface area contributed by atoms with Crippen LogP contribution in [0.15, 0.2) is 36.7 Å². The summed E-state index contributed by atoms with van der Waals surface area (Å²) < 4.78 is 7.84. The second kappa shape index (κ2) is 7.35. The summed E-state index contributed by atoms with van der Waals surface area (Å²) >= 11 is 0. The molecule has 1 aromatic heterocycles. The van der Waals surface area contributed by atoms with Gasteiger partial charge < -0.3 is 24.6 Å². The summed E-state index contributed by atoms with van der Waals surface area (Å²) in [6, 6.07) is 8.00. The molecule has 0 spiro atoms. The molecular weight excluding hydrogens is 308 g/mol. The van der Waals surface area contributed by atoms with Crippen LogP contribution in [0.25, 0.3) is 5.69 Å². The van der Waals surface area contributed by atoms with Crippen molar-refractivity contribution in [2.45, 2.75) is 19.4 Å². The molecule has 0 radical (unpaired) electrons. The Labute approximate surface area is 140 Å². The van der Waals surface area contributed by atoms with E-state index in [-0.39, 0.29) is 6.04 Å². The van der Waals surface area contributed by atoms with Crippen LogP contribution in [0.4, 0.5) is 4.79 Å². The fourth-order valence-corrected chi connectivity index (χ4v) is 2.89. The van der Waals surface area contributed by atoms with E-state index in [4.69, 9.17) is 9.84 Å². The van der Waals surface area contributed by atoms with E-state index >= 15 is 0 Å². The van der Waals surface area contributed by atoms with Crippen molar-refractivity contribution in [3.05, 3.63) is 42.5 Å². The number of carboxylic acid groups (broad SMARTS) is 1. The van der Waals surface area contributed by atoms with E-state index in [1.54, 1.807) is 6.20 Å². The van der Waals surface area contributed by atoms with Gasteiger partial charge in [-0.3, -0.25) is 0 Å². The third-order valence-corrected chi connectivity index (χ3v) is 4.18. The van der Waals surface area contributed by atoms with Gasteiger partial charge >= 0.3 is 6.09 Å². The molecule has 1 aliphatic rings. The Morgan fingerprint density at radius 3 is 3.12 bits per heavy atom. The highest BCUT2D eigenvalue weighted by molar-refractivity contribution is 5.65. The third kappa shape index (κ3) is 3.86. The van der Waals surface area contributed by atoms with E-state index in [0.29, 0.717) is 26.2 Å². The fraction of sp³-hybridized carbons (Fsp3) is 0.412. The summed E-state index contributed by atoms with van der Waals surface area (Å²) in [5.74, 6) is 1.72. The van der Waals surface area contributed by atoms with E-state index in [2.05, 4.69) is 10.3 Å². The molecule has 1 saturated heterocycles. The molecule has 1 aromatic carbocycles. The van der Waals surface area contributed by atoms with Crippen molar-refractivity contribution in [3.8, 4) is 11.4 Å². The van der Waals surface area contributed by atoms with Gasteiger partial charge in [0.15, 0.2) is 0 Å². The number of ether oxygens (including phenoxy) is 1. The van der Waals surface area contributed by atoms with Gasteiger partial charge in [0.25, 0.3) is 0 Å². The smallest absolute Gasteiger partial charge is 0.407 e.